The molecule has 1 atom stereocenters. The minimum absolute atomic E-state index is 0.985. The van der Waals surface area contributed by atoms with Gasteiger partial charge in [-0.2, -0.15) is 13.2 Å². The molecule has 0 amide bonds. The zero-order chi connectivity index (χ0) is 9.28. The van der Waals surface area contributed by atoms with Crippen LogP contribution in [0.5, 0.6) is 0 Å². The average molecular weight is 239 g/mol. The van der Waals surface area contributed by atoms with Gasteiger partial charge < -0.3 is 15.3 Å². The van der Waals surface area contributed by atoms with Crippen molar-refractivity contribution in [3.63, 3.8) is 0 Å². The molecule has 7 heteroatoms. The molecule has 0 spiro atoms. The molecule has 0 heterocycles. The van der Waals surface area contributed by atoms with Gasteiger partial charge in [-0.05, 0) is 0 Å². The van der Waals surface area contributed by atoms with Gasteiger partial charge in [0.25, 0.3) is 0 Å². The molecule has 0 fully saturated rings. The Balaban J connectivity index is 4.61. The topological polar surface area (TPSA) is 60.7 Å². The normalized spacial score (nSPS) is 18.5. The van der Waals surface area contributed by atoms with Crippen LogP contribution in [0.15, 0.2) is 0 Å². The highest BCUT2D eigenvalue weighted by Crippen LogP contribution is 2.33. The first kappa shape index (κ1) is 11.2. The number of aliphatic hydroxyl groups excluding tert-OH is 1. The monoisotopic (exact) mass is 238 g/mol. The SMILES string of the molecule is OC(O)C(O)(CBr)C(F)(F)F. The smallest absolute Gasteiger partial charge is 0.376 e. The van der Waals surface area contributed by atoms with Gasteiger partial charge in [0.15, 0.2) is 6.29 Å². The minimum Gasteiger partial charge on any atom is -0.376 e. The van der Waals surface area contributed by atoms with Gasteiger partial charge in [0, 0.05) is 5.33 Å². The van der Waals surface area contributed by atoms with Gasteiger partial charge in [-0.25, -0.2) is 0 Å². The Morgan fingerprint density at radius 3 is 1.64 bits per heavy atom. The highest BCUT2D eigenvalue weighted by Gasteiger charge is 2.57. The summed E-state index contributed by atoms with van der Waals surface area (Å²) in [6.45, 7) is 0. The third-order valence-electron chi connectivity index (χ3n) is 1.12. The van der Waals surface area contributed by atoms with Crippen LogP contribution in [0.1, 0.15) is 0 Å². The zero-order valence-corrected chi connectivity index (χ0v) is 6.72. The molecule has 0 bridgehead atoms. The van der Waals surface area contributed by atoms with Crippen molar-refractivity contribution in [3.8, 4) is 0 Å². The Morgan fingerprint density at radius 1 is 1.27 bits per heavy atom. The van der Waals surface area contributed by atoms with Crippen LogP contribution < -0.4 is 0 Å². The lowest BCUT2D eigenvalue weighted by Crippen LogP contribution is -2.56. The molecule has 1 unspecified atom stereocenters. The lowest BCUT2D eigenvalue weighted by Gasteiger charge is -2.29. The standard InChI is InChI=1S/C4H6BrF3O3/c5-1-3(11,2(9)10)4(6,7)8/h2,9-11H,1H2. The minimum atomic E-state index is -5.06. The lowest BCUT2D eigenvalue weighted by atomic mass is 10.1. The van der Waals surface area contributed by atoms with Crippen molar-refractivity contribution in [1.29, 1.82) is 0 Å². The molecule has 0 saturated heterocycles. The average Bonchev–Trinajstić information content (AvgIpc) is 1.83. The Kier molecular flexibility index (Phi) is 3.30. The van der Waals surface area contributed by atoms with E-state index in [0.29, 0.717) is 0 Å². The summed E-state index contributed by atoms with van der Waals surface area (Å²) < 4.78 is 35.3. The molecule has 68 valence electrons. The van der Waals surface area contributed by atoms with Crippen LogP contribution in [0, 0.1) is 0 Å². The fourth-order valence-electron chi connectivity index (χ4n) is 0.291. The molecule has 0 aliphatic rings. The first-order valence-electron chi connectivity index (χ1n) is 2.47. The molecule has 3 nitrogen and oxygen atoms in total. The van der Waals surface area contributed by atoms with E-state index in [0.717, 1.165) is 0 Å². The third kappa shape index (κ3) is 2.05. The van der Waals surface area contributed by atoms with E-state index in [1.807, 2.05) is 0 Å². The summed E-state index contributed by atoms with van der Waals surface area (Å²) in [7, 11) is 0. The second kappa shape index (κ2) is 3.26. The van der Waals surface area contributed by atoms with Gasteiger partial charge >= 0.3 is 6.18 Å². The van der Waals surface area contributed by atoms with E-state index in [-0.39, 0.29) is 0 Å². The zero-order valence-electron chi connectivity index (χ0n) is 5.14. The van der Waals surface area contributed by atoms with Crippen LogP contribution in [0.3, 0.4) is 0 Å². The molecular formula is C4H6BrF3O3. The molecule has 0 aliphatic carbocycles. The second-order valence-electron chi connectivity index (χ2n) is 1.93. The molecular weight excluding hydrogens is 233 g/mol. The number of hydrogen-bond donors (Lipinski definition) is 3. The largest absolute Gasteiger partial charge is 0.423 e. The molecule has 0 saturated carbocycles. The van der Waals surface area contributed by atoms with E-state index >= 15 is 0 Å². The summed E-state index contributed by atoms with van der Waals surface area (Å²) in [5.41, 5.74) is -3.49. The van der Waals surface area contributed by atoms with Crippen molar-refractivity contribution in [2.24, 2.45) is 0 Å². The van der Waals surface area contributed by atoms with E-state index in [1.165, 1.54) is 0 Å². The predicted molar refractivity (Wildman–Crippen MR) is 33.0 cm³/mol. The van der Waals surface area contributed by atoms with Gasteiger partial charge in [-0.15, -0.1) is 0 Å². The van der Waals surface area contributed by atoms with Gasteiger partial charge in [0.2, 0.25) is 5.60 Å². The van der Waals surface area contributed by atoms with Crippen LogP contribution >= 0.6 is 15.9 Å². The molecule has 0 aromatic carbocycles. The number of rotatable bonds is 2. The fourth-order valence-corrected chi connectivity index (χ4v) is 0.899. The fraction of sp³-hybridized carbons (Fsp3) is 1.00. The molecule has 0 rings (SSSR count). The predicted octanol–water partition coefficient (Wildman–Crippen LogP) is -0.0146. The van der Waals surface area contributed by atoms with Crippen molar-refractivity contribution in [2.75, 3.05) is 5.33 Å². The van der Waals surface area contributed by atoms with Crippen molar-refractivity contribution in [2.45, 2.75) is 18.1 Å². The van der Waals surface area contributed by atoms with E-state index in [1.54, 1.807) is 0 Å². The van der Waals surface area contributed by atoms with E-state index in [2.05, 4.69) is 15.9 Å². The van der Waals surface area contributed by atoms with Crippen molar-refractivity contribution < 1.29 is 28.5 Å². The van der Waals surface area contributed by atoms with Gasteiger partial charge in [0.05, 0.1) is 0 Å². The molecule has 3 N–H and O–H groups in total. The van der Waals surface area contributed by atoms with E-state index < -0.39 is 23.4 Å². The number of aliphatic hydroxyl groups is 3. The van der Waals surface area contributed by atoms with Gasteiger partial charge in [-0.3, -0.25) is 0 Å². The molecule has 0 aliphatic heterocycles. The lowest BCUT2D eigenvalue weighted by molar-refractivity contribution is -0.315. The Labute approximate surface area is 68.6 Å². The van der Waals surface area contributed by atoms with Crippen LogP contribution in [0.25, 0.3) is 0 Å². The molecule has 11 heavy (non-hydrogen) atoms. The first-order chi connectivity index (χ1) is 4.75. The van der Waals surface area contributed by atoms with Crippen LogP contribution in [-0.2, 0) is 0 Å². The summed E-state index contributed by atoms with van der Waals surface area (Å²) in [5.74, 6) is 0. The number of alkyl halides is 4. The van der Waals surface area contributed by atoms with Crippen LogP contribution in [0.2, 0.25) is 0 Å². The van der Waals surface area contributed by atoms with E-state index in [9.17, 15) is 13.2 Å². The summed E-state index contributed by atoms with van der Waals surface area (Å²) >= 11 is 2.32. The van der Waals surface area contributed by atoms with Gasteiger partial charge in [0.1, 0.15) is 0 Å². The maximum atomic E-state index is 11.8. The molecule has 0 aromatic rings. The quantitative estimate of drug-likeness (QED) is 0.469. The first-order valence-corrected chi connectivity index (χ1v) is 3.59. The highest BCUT2D eigenvalue weighted by molar-refractivity contribution is 9.09. The second-order valence-corrected chi connectivity index (χ2v) is 2.49. The Bertz CT molecular complexity index is 137. The van der Waals surface area contributed by atoms with Crippen molar-refractivity contribution in [1.82, 2.24) is 0 Å². The van der Waals surface area contributed by atoms with Crippen LogP contribution in [0.4, 0.5) is 13.2 Å². The number of hydrogen-bond acceptors (Lipinski definition) is 3. The Hall–Kier alpha value is 0.150. The Morgan fingerprint density at radius 2 is 1.64 bits per heavy atom. The maximum absolute atomic E-state index is 11.8. The van der Waals surface area contributed by atoms with E-state index in [4.69, 9.17) is 15.3 Å². The summed E-state index contributed by atoms with van der Waals surface area (Å²) in [4.78, 5) is 0. The van der Waals surface area contributed by atoms with Crippen molar-refractivity contribution in [3.05, 3.63) is 0 Å². The number of halogens is 4. The maximum Gasteiger partial charge on any atom is 0.423 e. The molecule has 0 aromatic heterocycles. The van der Waals surface area contributed by atoms with Gasteiger partial charge in [-0.1, -0.05) is 15.9 Å². The van der Waals surface area contributed by atoms with Crippen molar-refractivity contribution >= 4 is 15.9 Å². The third-order valence-corrected chi connectivity index (χ3v) is 1.98. The summed E-state index contributed by atoms with van der Waals surface area (Å²) in [6, 6.07) is 0. The van der Waals surface area contributed by atoms with Crippen LogP contribution in [-0.4, -0.2) is 38.7 Å². The summed E-state index contributed by atoms with van der Waals surface area (Å²) in [6.07, 6.45) is -7.91. The highest BCUT2D eigenvalue weighted by atomic mass is 79.9. The summed E-state index contributed by atoms with van der Waals surface area (Å²) in [5, 5.41) is 23.9. The molecule has 0 radical (unpaired) electrons.